The number of rotatable bonds is 9. The number of benzene rings is 2. The maximum atomic E-state index is 12.2. The summed E-state index contributed by atoms with van der Waals surface area (Å²) >= 11 is 0. The van der Waals surface area contributed by atoms with Crippen molar-refractivity contribution in [2.45, 2.75) is 39.0 Å². The third-order valence-corrected chi connectivity index (χ3v) is 4.55. The highest BCUT2D eigenvalue weighted by molar-refractivity contribution is 5.90. The molecule has 1 aromatic heterocycles. The Hall–Kier alpha value is -3.08. The van der Waals surface area contributed by atoms with Crippen LogP contribution in [0.4, 0.5) is 5.69 Å². The lowest BCUT2D eigenvalue weighted by Crippen LogP contribution is -2.12. The monoisotopic (exact) mass is 378 g/mol. The number of nitrogens with zero attached hydrogens (tertiary/aromatic N) is 1. The number of anilines is 1. The molecule has 0 unspecified atom stereocenters. The molecule has 2 aromatic carbocycles. The maximum absolute atomic E-state index is 12.2. The number of methoxy groups -OCH3 is 1. The van der Waals surface area contributed by atoms with Crippen LogP contribution in [0.25, 0.3) is 11.3 Å². The molecule has 5 nitrogen and oxygen atoms in total. The lowest BCUT2D eigenvalue weighted by molar-refractivity contribution is -0.116. The molecule has 5 heteroatoms. The molecule has 0 fully saturated rings. The normalized spacial score (nSPS) is 10.6. The first-order chi connectivity index (χ1) is 13.7. The van der Waals surface area contributed by atoms with E-state index >= 15 is 0 Å². The number of aryl methyl sites for hydroxylation is 2. The topological polar surface area (TPSA) is 64.4 Å². The number of hydrogen-bond acceptors (Lipinski definition) is 4. The summed E-state index contributed by atoms with van der Waals surface area (Å²) in [6.07, 6.45) is 5.89. The molecule has 3 aromatic rings. The molecule has 0 aliphatic carbocycles. The highest BCUT2D eigenvalue weighted by Crippen LogP contribution is 2.23. The van der Waals surface area contributed by atoms with Gasteiger partial charge in [0.25, 0.3) is 0 Å². The van der Waals surface area contributed by atoms with E-state index in [1.807, 2.05) is 36.4 Å². The molecule has 0 aliphatic heterocycles. The van der Waals surface area contributed by atoms with Gasteiger partial charge in [0.1, 0.15) is 5.75 Å². The molecule has 1 N–H and O–H groups in total. The van der Waals surface area contributed by atoms with Crippen molar-refractivity contribution < 1.29 is 13.9 Å². The second-order valence-corrected chi connectivity index (χ2v) is 6.70. The van der Waals surface area contributed by atoms with Crippen LogP contribution in [0.1, 0.15) is 37.6 Å². The van der Waals surface area contributed by atoms with Crippen molar-refractivity contribution in [1.29, 1.82) is 0 Å². The molecule has 146 valence electrons. The number of aromatic nitrogens is 1. The minimum Gasteiger partial charge on any atom is -0.497 e. The van der Waals surface area contributed by atoms with Crippen LogP contribution < -0.4 is 10.1 Å². The minimum atomic E-state index is -0.0505. The van der Waals surface area contributed by atoms with Gasteiger partial charge in [0.15, 0.2) is 11.7 Å². The van der Waals surface area contributed by atoms with E-state index in [1.165, 1.54) is 18.4 Å². The maximum Gasteiger partial charge on any atom is 0.224 e. The molecule has 0 atom stereocenters. The van der Waals surface area contributed by atoms with Crippen LogP contribution in [0.15, 0.2) is 59.1 Å². The van der Waals surface area contributed by atoms with E-state index in [0.717, 1.165) is 23.4 Å². The van der Waals surface area contributed by atoms with Gasteiger partial charge in [-0.1, -0.05) is 25.5 Å². The first-order valence-corrected chi connectivity index (χ1v) is 9.66. The first-order valence-electron chi connectivity index (χ1n) is 9.66. The fourth-order valence-electron chi connectivity index (χ4n) is 2.89. The van der Waals surface area contributed by atoms with Crippen molar-refractivity contribution in [3.63, 3.8) is 0 Å². The molecule has 1 amide bonds. The quantitative estimate of drug-likeness (QED) is 0.551. The molecule has 0 aliphatic rings. The number of nitrogens with one attached hydrogen (secondary N) is 1. The van der Waals surface area contributed by atoms with Crippen LogP contribution in [-0.2, 0) is 17.6 Å². The van der Waals surface area contributed by atoms with Crippen LogP contribution in [0.2, 0.25) is 0 Å². The molecule has 0 saturated heterocycles. The first kappa shape index (κ1) is 19.7. The Morgan fingerprint density at radius 1 is 1.07 bits per heavy atom. The second kappa shape index (κ2) is 9.74. The van der Waals surface area contributed by atoms with Crippen molar-refractivity contribution in [2.24, 2.45) is 0 Å². The third-order valence-electron chi connectivity index (χ3n) is 4.55. The Bertz CT molecular complexity index is 883. The molecule has 0 bridgehead atoms. The molecular formula is C23H26N2O3. The van der Waals surface area contributed by atoms with Gasteiger partial charge >= 0.3 is 0 Å². The fourth-order valence-corrected chi connectivity index (χ4v) is 2.89. The SMILES string of the molecule is CCCCc1ccc(NC(=O)CCc2ncc(-c3ccc(OC)cc3)o2)cc1. The Morgan fingerprint density at radius 3 is 2.50 bits per heavy atom. The molecule has 1 heterocycles. The van der Waals surface area contributed by atoms with Crippen molar-refractivity contribution in [3.05, 3.63) is 66.2 Å². The van der Waals surface area contributed by atoms with Gasteiger partial charge in [0.05, 0.1) is 13.3 Å². The smallest absolute Gasteiger partial charge is 0.224 e. The molecule has 28 heavy (non-hydrogen) atoms. The standard InChI is InChI=1S/C23H26N2O3/c1-3-4-5-17-6-10-19(11-7-17)25-22(26)14-15-23-24-16-21(28-23)18-8-12-20(27-2)13-9-18/h6-13,16H,3-5,14-15H2,1-2H3,(H,25,26). The predicted octanol–water partition coefficient (Wildman–Crippen LogP) is 5.26. The van der Waals surface area contributed by atoms with Gasteiger partial charge in [-0.05, 0) is 54.8 Å². The largest absolute Gasteiger partial charge is 0.497 e. The van der Waals surface area contributed by atoms with Gasteiger partial charge in [-0.3, -0.25) is 4.79 Å². The second-order valence-electron chi connectivity index (χ2n) is 6.70. The van der Waals surface area contributed by atoms with Gasteiger partial charge in [0.2, 0.25) is 5.91 Å². The van der Waals surface area contributed by atoms with E-state index in [0.29, 0.717) is 24.5 Å². The van der Waals surface area contributed by atoms with Crippen LogP contribution in [0.3, 0.4) is 0 Å². The number of unbranched alkanes of at least 4 members (excludes halogenated alkanes) is 1. The van der Waals surface area contributed by atoms with Gasteiger partial charge in [-0.25, -0.2) is 4.98 Å². The van der Waals surface area contributed by atoms with Crippen molar-refractivity contribution in [2.75, 3.05) is 12.4 Å². The highest BCUT2D eigenvalue weighted by Gasteiger charge is 2.09. The van der Waals surface area contributed by atoms with Gasteiger partial charge in [-0.2, -0.15) is 0 Å². The molecular weight excluding hydrogens is 352 g/mol. The summed E-state index contributed by atoms with van der Waals surface area (Å²) in [5.74, 6) is 1.97. The van der Waals surface area contributed by atoms with Crippen molar-refractivity contribution >= 4 is 11.6 Å². The Balaban J connectivity index is 1.50. The van der Waals surface area contributed by atoms with Crippen molar-refractivity contribution in [3.8, 4) is 17.1 Å². The minimum absolute atomic E-state index is 0.0505. The number of hydrogen-bond donors (Lipinski definition) is 1. The third kappa shape index (κ3) is 5.46. The summed E-state index contributed by atoms with van der Waals surface area (Å²) in [6, 6.07) is 15.6. The van der Waals surface area contributed by atoms with E-state index < -0.39 is 0 Å². The van der Waals surface area contributed by atoms with E-state index in [2.05, 4.69) is 29.4 Å². The zero-order chi connectivity index (χ0) is 19.8. The zero-order valence-electron chi connectivity index (χ0n) is 16.4. The van der Waals surface area contributed by atoms with E-state index in [1.54, 1.807) is 13.3 Å². The zero-order valence-corrected chi connectivity index (χ0v) is 16.4. The van der Waals surface area contributed by atoms with Crippen LogP contribution in [-0.4, -0.2) is 18.0 Å². The predicted molar refractivity (Wildman–Crippen MR) is 110 cm³/mol. The number of carbonyl (C=O) groups is 1. The Morgan fingerprint density at radius 2 is 1.82 bits per heavy atom. The fraction of sp³-hybridized carbons (Fsp3) is 0.304. The molecule has 0 radical (unpaired) electrons. The lowest BCUT2D eigenvalue weighted by atomic mass is 10.1. The van der Waals surface area contributed by atoms with Crippen molar-refractivity contribution in [1.82, 2.24) is 4.98 Å². The summed E-state index contributed by atoms with van der Waals surface area (Å²) in [6.45, 7) is 2.18. The molecule has 3 rings (SSSR count). The Labute approximate surface area is 165 Å². The van der Waals surface area contributed by atoms with Crippen LogP contribution >= 0.6 is 0 Å². The van der Waals surface area contributed by atoms with Crippen LogP contribution in [0, 0.1) is 0 Å². The summed E-state index contributed by atoms with van der Waals surface area (Å²) in [7, 11) is 1.63. The number of oxazole rings is 1. The van der Waals surface area contributed by atoms with E-state index in [-0.39, 0.29) is 5.91 Å². The summed E-state index contributed by atoms with van der Waals surface area (Å²) in [5.41, 5.74) is 3.04. The summed E-state index contributed by atoms with van der Waals surface area (Å²) in [4.78, 5) is 16.5. The lowest BCUT2D eigenvalue weighted by Gasteiger charge is -2.06. The average Bonchev–Trinajstić information content (AvgIpc) is 3.21. The van der Waals surface area contributed by atoms with Gasteiger partial charge in [-0.15, -0.1) is 0 Å². The molecule has 0 saturated carbocycles. The molecule has 0 spiro atoms. The Kier molecular flexibility index (Phi) is 6.84. The summed E-state index contributed by atoms with van der Waals surface area (Å²) in [5, 5.41) is 2.92. The number of carbonyl (C=O) groups excluding carboxylic acids is 1. The van der Waals surface area contributed by atoms with Crippen LogP contribution in [0.5, 0.6) is 5.75 Å². The van der Waals surface area contributed by atoms with E-state index in [9.17, 15) is 4.79 Å². The van der Waals surface area contributed by atoms with Gasteiger partial charge in [0, 0.05) is 24.1 Å². The number of amides is 1. The summed E-state index contributed by atoms with van der Waals surface area (Å²) < 4.78 is 10.9. The number of ether oxygens (including phenoxy) is 1. The highest BCUT2D eigenvalue weighted by atomic mass is 16.5. The average molecular weight is 378 g/mol. The van der Waals surface area contributed by atoms with E-state index in [4.69, 9.17) is 9.15 Å². The van der Waals surface area contributed by atoms with Gasteiger partial charge < -0.3 is 14.5 Å².